The minimum atomic E-state index is -3.94. The van der Waals surface area contributed by atoms with Crippen LogP contribution in [0.3, 0.4) is 0 Å². The normalized spacial score (nSPS) is 12.3. The van der Waals surface area contributed by atoms with Gasteiger partial charge in [0.25, 0.3) is 15.9 Å². The van der Waals surface area contributed by atoms with Crippen molar-refractivity contribution in [2.24, 2.45) is 0 Å². The number of nitrogens with one attached hydrogen (secondary N) is 1. The van der Waals surface area contributed by atoms with E-state index in [1.54, 1.807) is 20.8 Å². The lowest BCUT2D eigenvalue weighted by atomic mass is 10.1. The molecule has 0 aliphatic rings. The Morgan fingerprint density at radius 3 is 2.30 bits per heavy atom. The molecule has 6 nitrogen and oxygen atoms in total. The molecule has 0 saturated carbocycles. The SMILES string of the molecule is CN(C)C(=O)c1ccc(Cl)nc1S(=O)(=O)NC(C)(C)C. The second-order valence-electron chi connectivity index (χ2n) is 5.54. The van der Waals surface area contributed by atoms with Crippen LogP contribution in [0, 0.1) is 0 Å². The van der Waals surface area contributed by atoms with Crippen molar-refractivity contribution < 1.29 is 13.2 Å². The summed E-state index contributed by atoms with van der Waals surface area (Å²) < 4.78 is 27.1. The van der Waals surface area contributed by atoms with Gasteiger partial charge in [0.05, 0.1) is 5.56 Å². The monoisotopic (exact) mass is 319 g/mol. The molecule has 112 valence electrons. The molecule has 0 radical (unpaired) electrons. The molecule has 0 aromatic carbocycles. The average Bonchev–Trinajstić information content (AvgIpc) is 2.24. The fraction of sp³-hybridized carbons (Fsp3) is 0.500. The minimum Gasteiger partial charge on any atom is -0.345 e. The van der Waals surface area contributed by atoms with E-state index in [0.717, 1.165) is 0 Å². The smallest absolute Gasteiger partial charge is 0.259 e. The Morgan fingerprint density at radius 2 is 1.85 bits per heavy atom. The summed E-state index contributed by atoms with van der Waals surface area (Å²) in [5, 5.41) is -0.354. The zero-order valence-corrected chi connectivity index (χ0v) is 13.6. The molecule has 0 atom stereocenters. The Morgan fingerprint density at radius 1 is 1.30 bits per heavy atom. The number of hydrogen-bond acceptors (Lipinski definition) is 4. The van der Waals surface area contributed by atoms with Gasteiger partial charge < -0.3 is 4.90 Å². The molecule has 0 saturated heterocycles. The van der Waals surface area contributed by atoms with Crippen molar-refractivity contribution in [1.29, 1.82) is 0 Å². The number of carbonyl (C=O) groups is 1. The number of halogens is 1. The Bertz CT molecular complexity index is 621. The quantitative estimate of drug-likeness (QED) is 0.857. The number of hydrogen-bond donors (Lipinski definition) is 1. The van der Waals surface area contributed by atoms with Gasteiger partial charge in [-0.25, -0.2) is 18.1 Å². The Kier molecular flexibility index (Phi) is 4.78. The van der Waals surface area contributed by atoms with Crippen LogP contribution in [-0.4, -0.2) is 43.8 Å². The second-order valence-corrected chi connectivity index (χ2v) is 7.53. The molecule has 1 rings (SSSR count). The van der Waals surface area contributed by atoms with Gasteiger partial charge in [-0.3, -0.25) is 4.79 Å². The molecule has 0 aliphatic carbocycles. The third-order valence-corrected chi connectivity index (χ3v) is 4.07. The number of carbonyl (C=O) groups excluding carboxylic acids is 1. The first-order valence-electron chi connectivity index (χ1n) is 5.86. The highest BCUT2D eigenvalue weighted by molar-refractivity contribution is 7.89. The Balaban J connectivity index is 3.43. The van der Waals surface area contributed by atoms with E-state index in [-0.39, 0.29) is 15.7 Å². The van der Waals surface area contributed by atoms with Crippen LogP contribution in [0.1, 0.15) is 31.1 Å². The van der Waals surface area contributed by atoms with Gasteiger partial charge in [0.1, 0.15) is 5.15 Å². The summed E-state index contributed by atoms with van der Waals surface area (Å²) in [6.07, 6.45) is 0. The molecule has 1 N–H and O–H groups in total. The molecule has 1 amide bonds. The maximum Gasteiger partial charge on any atom is 0.259 e. The van der Waals surface area contributed by atoms with Crippen LogP contribution in [-0.2, 0) is 10.0 Å². The van der Waals surface area contributed by atoms with Gasteiger partial charge in [-0.1, -0.05) is 11.6 Å². The zero-order chi connectivity index (χ0) is 15.7. The predicted octanol–water partition coefficient (Wildman–Crippen LogP) is 1.51. The van der Waals surface area contributed by atoms with Crippen LogP contribution in [0.4, 0.5) is 0 Å². The number of sulfonamides is 1. The summed E-state index contributed by atoms with van der Waals surface area (Å²) in [6.45, 7) is 5.09. The standard InChI is InChI=1S/C12H18ClN3O3S/c1-12(2,3)15-20(18,19)10-8(11(17)16(4)5)6-7-9(13)14-10/h6-7,15H,1-5H3. The number of nitrogens with zero attached hydrogens (tertiary/aromatic N) is 2. The molecule has 1 aromatic rings. The zero-order valence-electron chi connectivity index (χ0n) is 12.1. The highest BCUT2D eigenvalue weighted by Crippen LogP contribution is 2.19. The first-order valence-corrected chi connectivity index (χ1v) is 7.72. The van der Waals surface area contributed by atoms with E-state index in [9.17, 15) is 13.2 Å². The molecule has 0 bridgehead atoms. The van der Waals surface area contributed by atoms with Gasteiger partial charge in [-0.15, -0.1) is 0 Å². The fourth-order valence-electron chi connectivity index (χ4n) is 1.48. The van der Waals surface area contributed by atoms with Crippen LogP contribution in [0.25, 0.3) is 0 Å². The van der Waals surface area contributed by atoms with Crippen molar-refractivity contribution in [3.63, 3.8) is 0 Å². The third-order valence-electron chi connectivity index (χ3n) is 2.16. The van der Waals surface area contributed by atoms with E-state index in [4.69, 9.17) is 11.6 Å². The largest absolute Gasteiger partial charge is 0.345 e. The number of aromatic nitrogens is 1. The van der Waals surface area contributed by atoms with Crippen molar-refractivity contribution in [2.45, 2.75) is 31.3 Å². The summed E-state index contributed by atoms with van der Waals surface area (Å²) >= 11 is 5.75. The molecule has 0 unspecified atom stereocenters. The van der Waals surface area contributed by atoms with Crippen molar-refractivity contribution in [1.82, 2.24) is 14.6 Å². The van der Waals surface area contributed by atoms with Crippen molar-refractivity contribution in [3.8, 4) is 0 Å². The van der Waals surface area contributed by atoms with Gasteiger partial charge >= 0.3 is 0 Å². The van der Waals surface area contributed by atoms with Gasteiger partial charge in [0, 0.05) is 19.6 Å². The molecular formula is C12H18ClN3O3S. The fourth-order valence-corrected chi connectivity index (χ4v) is 3.24. The Labute approximate surface area is 124 Å². The number of amides is 1. The highest BCUT2D eigenvalue weighted by atomic mass is 35.5. The maximum absolute atomic E-state index is 12.3. The molecular weight excluding hydrogens is 302 g/mol. The van der Waals surface area contributed by atoms with E-state index in [1.807, 2.05) is 0 Å². The van der Waals surface area contributed by atoms with Gasteiger partial charge in [-0.05, 0) is 32.9 Å². The number of pyridine rings is 1. The molecule has 1 heterocycles. The van der Waals surface area contributed by atoms with E-state index >= 15 is 0 Å². The van der Waals surface area contributed by atoms with Crippen LogP contribution in [0.15, 0.2) is 17.2 Å². The summed E-state index contributed by atoms with van der Waals surface area (Å²) in [5.74, 6) is -0.455. The maximum atomic E-state index is 12.3. The lowest BCUT2D eigenvalue weighted by Gasteiger charge is -2.21. The average molecular weight is 320 g/mol. The minimum absolute atomic E-state index is 0.00888. The molecule has 0 aliphatic heterocycles. The van der Waals surface area contributed by atoms with Crippen LogP contribution < -0.4 is 4.72 Å². The Hall–Kier alpha value is -1.18. The van der Waals surface area contributed by atoms with E-state index < -0.39 is 21.5 Å². The summed E-state index contributed by atoms with van der Waals surface area (Å²) in [5.41, 5.74) is -0.711. The topological polar surface area (TPSA) is 79.4 Å². The first kappa shape index (κ1) is 16.9. The van der Waals surface area contributed by atoms with Gasteiger partial charge in [0.2, 0.25) is 0 Å². The van der Waals surface area contributed by atoms with E-state index in [1.165, 1.54) is 31.1 Å². The lowest BCUT2D eigenvalue weighted by molar-refractivity contribution is 0.0823. The predicted molar refractivity (Wildman–Crippen MR) is 77.3 cm³/mol. The van der Waals surface area contributed by atoms with E-state index in [2.05, 4.69) is 9.71 Å². The van der Waals surface area contributed by atoms with E-state index in [0.29, 0.717) is 0 Å². The molecule has 0 fully saturated rings. The highest BCUT2D eigenvalue weighted by Gasteiger charge is 2.29. The van der Waals surface area contributed by atoms with Crippen molar-refractivity contribution in [3.05, 3.63) is 22.8 Å². The van der Waals surface area contributed by atoms with Gasteiger partial charge in [0.15, 0.2) is 5.03 Å². The third kappa shape index (κ3) is 4.16. The molecule has 20 heavy (non-hydrogen) atoms. The first-order chi connectivity index (χ1) is 8.94. The van der Waals surface area contributed by atoms with Gasteiger partial charge in [-0.2, -0.15) is 0 Å². The van der Waals surface area contributed by atoms with Crippen LogP contribution in [0.5, 0.6) is 0 Å². The van der Waals surface area contributed by atoms with Crippen molar-refractivity contribution in [2.75, 3.05) is 14.1 Å². The van der Waals surface area contributed by atoms with Crippen LogP contribution in [0.2, 0.25) is 5.15 Å². The second kappa shape index (κ2) is 5.67. The summed E-state index contributed by atoms with van der Waals surface area (Å²) in [4.78, 5) is 17.1. The molecule has 0 spiro atoms. The lowest BCUT2D eigenvalue weighted by Crippen LogP contribution is -2.41. The van der Waals surface area contributed by atoms with Crippen LogP contribution >= 0.6 is 11.6 Å². The summed E-state index contributed by atoms with van der Waals surface area (Å²) in [6, 6.07) is 2.74. The number of rotatable bonds is 3. The summed E-state index contributed by atoms with van der Waals surface area (Å²) in [7, 11) is -0.878. The molecule has 8 heteroatoms. The van der Waals surface area contributed by atoms with Crippen molar-refractivity contribution >= 4 is 27.5 Å². The molecule has 1 aromatic heterocycles.